The van der Waals surface area contributed by atoms with Gasteiger partial charge in [0.15, 0.2) is 5.96 Å². The molecule has 1 rings (SSSR count). The average molecular weight is 479 g/mol. The smallest absolute Gasteiger partial charge is 0.347 e. The van der Waals surface area contributed by atoms with Crippen LogP contribution in [0.15, 0.2) is 4.99 Å². The standard InChI is InChI=1S/C15H28F3N5O.HI/c1-5-22(6-2)12-7-8-23(10-12)14(19-3)20-9-13(24)21(4)11-15(16,17)18;/h12H,5-11H2,1-4H3,(H,19,20);1H. The summed E-state index contributed by atoms with van der Waals surface area (Å²) >= 11 is 0. The van der Waals surface area contributed by atoms with Gasteiger partial charge in [-0.3, -0.25) is 14.7 Å². The van der Waals surface area contributed by atoms with E-state index in [1.54, 1.807) is 7.05 Å². The first-order valence-corrected chi connectivity index (χ1v) is 8.22. The van der Waals surface area contributed by atoms with Crippen molar-refractivity contribution in [3.05, 3.63) is 0 Å². The predicted octanol–water partition coefficient (Wildman–Crippen LogP) is 1.62. The molecule has 6 nitrogen and oxygen atoms in total. The third-order valence-electron chi connectivity index (χ3n) is 4.24. The van der Waals surface area contributed by atoms with Crippen LogP contribution in [-0.4, -0.2) is 92.1 Å². The number of aliphatic imine (C=N–C) groups is 1. The van der Waals surface area contributed by atoms with E-state index in [4.69, 9.17) is 0 Å². The molecule has 1 saturated heterocycles. The van der Waals surface area contributed by atoms with Gasteiger partial charge in [0.1, 0.15) is 6.54 Å². The number of likely N-dealkylation sites (N-methyl/N-ethyl adjacent to an activating group) is 2. The molecule has 148 valence electrons. The molecule has 1 N–H and O–H groups in total. The number of nitrogens with zero attached hydrogens (tertiary/aromatic N) is 4. The minimum Gasteiger partial charge on any atom is -0.347 e. The fourth-order valence-corrected chi connectivity index (χ4v) is 2.95. The summed E-state index contributed by atoms with van der Waals surface area (Å²) in [7, 11) is 2.75. The van der Waals surface area contributed by atoms with Crippen LogP contribution in [-0.2, 0) is 4.79 Å². The Morgan fingerprint density at radius 2 is 1.92 bits per heavy atom. The molecule has 0 spiro atoms. The van der Waals surface area contributed by atoms with Crippen molar-refractivity contribution in [2.75, 3.05) is 53.4 Å². The van der Waals surface area contributed by atoms with Gasteiger partial charge in [-0.1, -0.05) is 13.8 Å². The lowest BCUT2D eigenvalue weighted by Crippen LogP contribution is -2.47. The summed E-state index contributed by atoms with van der Waals surface area (Å²) in [4.78, 5) is 21.0. The van der Waals surface area contributed by atoms with Crippen molar-refractivity contribution in [1.82, 2.24) is 20.0 Å². The number of likely N-dealkylation sites (tertiary alicyclic amines) is 1. The molecule has 0 aliphatic carbocycles. The second kappa shape index (κ2) is 11.0. The fourth-order valence-electron chi connectivity index (χ4n) is 2.95. The largest absolute Gasteiger partial charge is 0.406 e. The molecule has 1 aliphatic rings. The summed E-state index contributed by atoms with van der Waals surface area (Å²) in [6.07, 6.45) is -3.39. The van der Waals surface area contributed by atoms with E-state index in [-0.39, 0.29) is 30.5 Å². The topological polar surface area (TPSA) is 51.2 Å². The quantitative estimate of drug-likeness (QED) is 0.358. The van der Waals surface area contributed by atoms with E-state index in [0.29, 0.717) is 16.9 Å². The Kier molecular flexibility index (Phi) is 10.7. The first-order chi connectivity index (χ1) is 11.2. The van der Waals surface area contributed by atoms with Crippen LogP contribution in [0.25, 0.3) is 0 Å². The molecule has 0 radical (unpaired) electrons. The van der Waals surface area contributed by atoms with Gasteiger partial charge < -0.3 is 15.1 Å². The van der Waals surface area contributed by atoms with Crippen LogP contribution >= 0.6 is 24.0 Å². The average Bonchev–Trinajstić information content (AvgIpc) is 2.97. The first-order valence-electron chi connectivity index (χ1n) is 8.22. The highest BCUT2D eigenvalue weighted by Crippen LogP contribution is 2.16. The number of amides is 1. The molecular formula is C15H29F3IN5O. The van der Waals surface area contributed by atoms with Crippen LogP contribution in [0.1, 0.15) is 20.3 Å². The molecule has 0 bridgehead atoms. The lowest BCUT2D eigenvalue weighted by molar-refractivity contribution is -0.157. The molecule has 0 saturated carbocycles. The highest BCUT2D eigenvalue weighted by atomic mass is 127. The van der Waals surface area contributed by atoms with Gasteiger partial charge in [-0.05, 0) is 19.5 Å². The van der Waals surface area contributed by atoms with Crippen LogP contribution in [0.5, 0.6) is 0 Å². The van der Waals surface area contributed by atoms with Gasteiger partial charge in [-0.15, -0.1) is 24.0 Å². The Labute approximate surface area is 164 Å². The number of carbonyl (C=O) groups is 1. The number of hydrogen-bond acceptors (Lipinski definition) is 3. The van der Waals surface area contributed by atoms with Crippen LogP contribution in [0.3, 0.4) is 0 Å². The van der Waals surface area contributed by atoms with Gasteiger partial charge in [0.25, 0.3) is 0 Å². The van der Waals surface area contributed by atoms with Gasteiger partial charge >= 0.3 is 6.18 Å². The van der Waals surface area contributed by atoms with Gasteiger partial charge in [0, 0.05) is 33.2 Å². The zero-order valence-corrected chi connectivity index (χ0v) is 17.6. The van der Waals surface area contributed by atoms with Gasteiger partial charge in [0.05, 0.1) is 6.54 Å². The van der Waals surface area contributed by atoms with Crippen molar-refractivity contribution in [3.63, 3.8) is 0 Å². The van der Waals surface area contributed by atoms with E-state index >= 15 is 0 Å². The Morgan fingerprint density at radius 1 is 1.32 bits per heavy atom. The van der Waals surface area contributed by atoms with E-state index in [0.717, 1.165) is 39.6 Å². The zero-order valence-electron chi connectivity index (χ0n) is 15.3. The Balaban J connectivity index is 0.00000576. The number of carbonyl (C=O) groups excluding carboxylic acids is 1. The monoisotopic (exact) mass is 479 g/mol. The number of guanidine groups is 1. The van der Waals surface area contributed by atoms with Crippen LogP contribution in [0.4, 0.5) is 13.2 Å². The lowest BCUT2D eigenvalue weighted by atomic mass is 10.2. The zero-order chi connectivity index (χ0) is 18.3. The summed E-state index contributed by atoms with van der Waals surface area (Å²) in [5, 5.41) is 2.87. The van der Waals surface area contributed by atoms with Crippen LogP contribution in [0.2, 0.25) is 0 Å². The number of halogens is 4. The molecule has 0 aromatic rings. The molecule has 1 atom stereocenters. The number of nitrogens with one attached hydrogen (secondary N) is 1. The van der Waals surface area contributed by atoms with Crippen molar-refractivity contribution >= 4 is 35.8 Å². The molecule has 1 aliphatic heterocycles. The number of alkyl halides is 3. The second-order valence-corrected chi connectivity index (χ2v) is 5.88. The Hall–Kier alpha value is -0.780. The second-order valence-electron chi connectivity index (χ2n) is 5.88. The van der Waals surface area contributed by atoms with Gasteiger partial charge in [0.2, 0.25) is 5.91 Å². The summed E-state index contributed by atoms with van der Waals surface area (Å²) < 4.78 is 36.9. The Morgan fingerprint density at radius 3 is 2.40 bits per heavy atom. The fraction of sp³-hybridized carbons (Fsp3) is 0.867. The first kappa shape index (κ1) is 24.2. The molecule has 0 aromatic carbocycles. The number of rotatable bonds is 6. The molecule has 1 unspecified atom stereocenters. The summed E-state index contributed by atoms with van der Waals surface area (Å²) in [5.41, 5.74) is 0. The molecule has 1 amide bonds. The third-order valence-corrected chi connectivity index (χ3v) is 4.24. The molecule has 10 heteroatoms. The normalized spacial score (nSPS) is 18.3. The molecule has 0 aromatic heterocycles. The molecule has 25 heavy (non-hydrogen) atoms. The van der Waals surface area contributed by atoms with Crippen molar-refractivity contribution in [2.24, 2.45) is 4.99 Å². The summed E-state index contributed by atoms with van der Waals surface area (Å²) in [5.74, 6) is -0.0635. The third kappa shape index (κ3) is 7.97. The number of hydrogen-bond donors (Lipinski definition) is 1. The maximum atomic E-state index is 12.3. The van der Waals surface area contributed by atoms with Gasteiger partial charge in [-0.25, -0.2) is 0 Å². The van der Waals surface area contributed by atoms with Crippen LogP contribution in [0, 0.1) is 0 Å². The molecular weight excluding hydrogens is 450 g/mol. The maximum Gasteiger partial charge on any atom is 0.406 e. The van der Waals surface area contributed by atoms with E-state index in [1.807, 2.05) is 4.90 Å². The maximum absolute atomic E-state index is 12.3. The molecule has 1 fully saturated rings. The summed E-state index contributed by atoms with van der Waals surface area (Å²) in [6.45, 7) is 6.35. The molecule has 1 heterocycles. The Bertz CT molecular complexity index is 443. The summed E-state index contributed by atoms with van der Waals surface area (Å²) in [6, 6.07) is 0.433. The highest BCUT2D eigenvalue weighted by Gasteiger charge is 2.32. The van der Waals surface area contributed by atoms with E-state index in [2.05, 4.69) is 29.1 Å². The van der Waals surface area contributed by atoms with Crippen molar-refractivity contribution in [2.45, 2.75) is 32.5 Å². The van der Waals surface area contributed by atoms with E-state index in [1.165, 1.54) is 0 Å². The van der Waals surface area contributed by atoms with Crippen molar-refractivity contribution < 1.29 is 18.0 Å². The van der Waals surface area contributed by atoms with E-state index < -0.39 is 18.6 Å². The minimum absolute atomic E-state index is 0. The lowest BCUT2D eigenvalue weighted by Gasteiger charge is -2.27. The SMILES string of the molecule is CCN(CC)C1CCN(C(=NC)NCC(=O)N(C)CC(F)(F)F)C1.I. The van der Waals surface area contributed by atoms with Crippen molar-refractivity contribution in [1.29, 1.82) is 0 Å². The van der Waals surface area contributed by atoms with E-state index in [9.17, 15) is 18.0 Å². The van der Waals surface area contributed by atoms with Gasteiger partial charge in [-0.2, -0.15) is 13.2 Å². The van der Waals surface area contributed by atoms with Crippen molar-refractivity contribution in [3.8, 4) is 0 Å². The minimum atomic E-state index is -4.39. The highest BCUT2D eigenvalue weighted by molar-refractivity contribution is 14.0. The van der Waals surface area contributed by atoms with Crippen LogP contribution < -0.4 is 5.32 Å². The predicted molar refractivity (Wildman–Crippen MR) is 103 cm³/mol.